The summed E-state index contributed by atoms with van der Waals surface area (Å²) in [6.45, 7) is 4.47. The number of fused-ring (bicyclic) bond motifs is 1. The number of amides is 1. The molecule has 5 rings (SSSR count). The Kier molecular flexibility index (Phi) is 5.56. The van der Waals surface area contributed by atoms with Crippen LogP contribution in [0.25, 0.3) is 0 Å². The lowest BCUT2D eigenvalue weighted by Gasteiger charge is -2.37. The summed E-state index contributed by atoms with van der Waals surface area (Å²) in [4.78, 5) is 31.1. The lowest BCUT2D eigenvalue weighted by atomic mass is 9.77. The minimum Gasteiger partial charge on any atom is -0.483 e. The van der Waals surface area contributed by atoms with Crippen molar-refractivity contribution < 1.29 is 19.1 Å². The predicted octanol–water partition coefficient (Wildman–Crippen LogP) is 2.53. The first-order valence-electron chi connectivity index (χ1n) is 10.9. The summed E-state index contributed by atoms with van der Waals surface area (Å²) < 4.78 is 11.6. The van der Waals surface area contributed by atoms with Crippen molar-refractivity contribution in [1.82, 2.24) is 9.80 Å². The Hall–Kier alpha value is -1.89. The first kappa shape index (κ1) is 20.0. The van der Waals surface area contributed by atoms with Crippen LogP contribution in [-0.4, -0.2) is 72.4 Å². The summed E-state index contributed by atoms with van der Waals surface area (Å²) in [5.41, 5.74) is 1.48. The fourth-order valence-electron chi connectivity index (χ4n) is 5.15. The Labute approximate surface area is 181 Å². The summed E-state index contributed by atoms with van der Waals surface area (Å²) in [6, 6.07) is 9.43. The number of morpholine rings is 1. The van der Waals surface area contributed by atoms with Crippen molar-refractivity contribution in [2.45, 2.75) is 36.8 Å². The molecule has 3 heterocycles. The number of ether oxygens (including phenoxy) is 2. The molecule has 1 aromatic carbocycles. The first-order chi connectivity index (χ1) is 14.6. The third-order valence-electron chi connectivity index (χ3n) is 6.76. The van der Waals surface area contributed by atoms with Crippen molar-refractivity contribution in [3.8, 4) is 0 Å². The summed E-state index contributed by atoms with van der Waals surface area (Å²) in [6.07, 6.45) is 1.92. The standard InChI is InChI=1S/C23H27ClN2O4/c24-16-6-7-18-17(14-16)21(27)19-20(15-4-2-1-3-5-15)26(23(28)22(19)30-18)9-8-25-10-12-29-13-11-25/h1-5,16-18,20H,6-14H2. The number of Topliss-reactive ketones (excluding diaryl/α,β-unsaturated/α-hetero) is 1. The number of ketones is 1. The maximum absolute atomic E-state index is 13.6. The lowest BCUT2D eigenvalue weighted by molar-refractivity contribution is -0.135. The number of halogens is 1. The minimum atomic E-state index is -0.390. The molecule has 0 spiro atoms. The molecular formula is C23H27ClN2O4. The maximum atomic E-state index is 13.6. The zero-order chi connectivity index (χ0) is 20.7. The van der Waals surface area contributed by atoms with Crippen LogP contribution in [0.2, 0.25) is 0 Å². The van der Waals surface area contributed by atoms with Crippen LogP contribution in [-0.2, 0) is 19.1 Å². The zero-order valence-electron chi connectivity index (χ0n) is 17.0. The molecule has 6 nitrogen and oxygen atoms in total. The number of carbonyl (C=O) groups excluding carboxylic acids is 2. The van der Waals surface area contributed by atoms with E-state index in [0.717, 1.165) is 51.3 Å². The minimum absolute atomic E-state index is 0.00865. The van der Waals surface area contributed by atoms with Crippen LogP contribution in [0.4, 0.5) is 0 Å². The average Bonchev–Trinajstić information content (AvgIpc) is 3.06. The molecule has 1 aliphatic carbocycles. The van der Waals surface area contributed by atoms with E-state index in [2.05, 4.69) is 4.90 Å². The van der Waals surface area contributed by atoms with Gasteiger partial charge in [0.15, 0.2) is 11.5 Å². The van der Waals surface area contributed by atoms with E-state index < -0.39 is 0 Å². The molecule has 30 heavy (non-hydrogen) atoms. The van der Waals surface area contributed by atoms with Gasteiger partial charge in [-0.05, 0) is 24.8 Å². The van der Waals surface area contributed by atoms with Crippen molar-refractivity contribution in [1.29, 1.82) is 0 Å². The number of nitrogens with zero attached hydrogens (tertiary/aromatic N) is 2. The number of rotatable bonds is 4. The van der Waals surface area contributed by atoms with Gasteiger partial charge in [-0.15, -0.1) is 11.6 Å². The Morgan fingerprint density at radius 3 is 2.57 bits per heavy atom. The number of benzene rings is 1. The van der Waals surface area contributed by atoms with E-state index in [0.29, 0.717) is 18.5 Å². The van der Waals surface area contributed by atoms with Crippen LogP contribution < -0.4 is 0 Å². The molecule has 4 aliphatic rings. The number of carbonyl (C=O) groups is 2. The van der Waals surface area contributed by atoms with Gasteiger partial charge < -0.3 is 14.4 Å². The third kappa shape index (κ3) is 3.55. The third-order valence-corrected chi connectivity index (χ3v) is 7.15. The Morgan fingerprint density at radius 1 is 1.03 bits per heavy atom. The van der Waals surface area contributed by atoms with E-state index in [4.69, 9.17) is 21.1 Å². The first-order valence-corrected chi connectivity index (χ1v) is 11.3. The van der Waals surface area contributed by atoms with E-state index in [1.54, 1.807) is 0 Å². The fraction of sp³-hybridized carbons (Fsp3) is 0.565. The van der Waals surface area contributed by atoms with Crippen LogP contribution in [0, 0.1) is 5.92 Å². The predicted molar refractivity (Wildman–Crippen MR) is 112 cm³/mol. The van der Waals surface area contributed by atoms with E-state index in [-0.39, 0.29) is 40.9 Å². The molecule has 4 unspecified atom stereocenters. The molecule has 7 heteroatoms. The maximum Gasteiger partial charge on any atom is 0.290 e. The summed E-state index contributed by atoms with van der Waals surface area (Å²) in [5.74, 6) is -0.0992. The normalized spacial score (nSPS) is 32.1. The second-order valence-corrected chi connectivity index (χ2v) is 9.16. The molecule has 0 bridgehead atoms. The van der Waals surface area contributed by atoms with E-state index in [9.17, 15) is 9.59 Å². The van der Waals surface area contributed by atoms with Crippen LogP contribution in [0.15, 0.2) is 41.7 Å². The molecule has 1 aromatic rings. The molecule has 4 atom stereocenters. The topological polar surface area (TPSA) is 59.1 Å². The Bertz CT molecular complexity index is 852. The molecule has 2 fully saturated rings. The van der Waals surface area contributed by atoms with E-state index in [1.165, 1.54) is 0 Å². The van der Waals surface area contributed by atoms with Gasteiger partial charge in [0.1, 0.15) is 6.10 Å². The number of hydrogen-bond donors (Lipinski definition) is 0. The van der Waals surface area contributed by atoms with Crippen LogP contribution in [0.1, 0.15) is 30.9 Å². The van der Waals surface area contributed by atoms with Gasteiger partial charge in [0.05, 0.1) is 30.7 Å². The number of hydrogen-bond acceptors (Lipinski definition) is 5. The summed E-state index contributed by atoms with van der Waals surface area (Å²) >= 11 is 6.37. The van der Waals surface area contributed by atoms with Gasteiger partial charge in [-0.1, -0.05) is 30.3 Å². The van der Waals surface area contributed by atoms with Gasteiger partial charge in [-0.2, -0.15) is 0 Å². The van der Waals surface area contributed by atoms with Crippen LogP contribution in [0.3, 0.4) is 0 Å². The second-order valence-electron chi connectivity index (χ2n) is 8.55. The Balaban J connectivity index is 1.46. The van der Waals surface area contributed by atoms with Gasteiger partial charge in [-0.3, -0.25) is 14.5 Å². The molecule has 1 saturated heterocycles. The quantitative estimate of drug-likeness (QED) is 0.687. The van der Waals surface area contributed by atoms with Crippen molar-refractivity contribution >= 4 is 23.3 Å². The average molecular weight is 431 g/mol. The van der Waals surface area contributed by atoms with Crippen LogP contribution in [0.5, 0.6) is 0 Å². The monoisotopic (exact) mass is 430 g/mol. The van der Waals surface area contributed by atoms with Gasteiger partial charge in [0.2, 0.25) is 0 Å². The van der Waals surface area contributed by atoms with Crippen molar-refractivity contribution in [2.75, 3.05) is 39.4 Å². The van der Waals surface area contributed by atoms with Gasteiger partial charge in [0, 0.05) is 31.6 Å². The molecule has 1 saturated carbocycles. The second kappa shape index (κ2) is 8.33. The lowest BCUT2D eigenvalue weighted by Crippen LogP contribution is -2.43. The summed E-state index contributed by atoms with van der Waals surface area (Å²) in [5, 5.41) is -0.00865. The highest BCUT2D eigenvalue weighted by atomic mass is 35.5. The van der Waals surface area contributed by atoms with Crippen molar-refractivity contribution in [3.05, 3.63) is 47.2 Å². The molecule has 3 aliphatic heterocycles. The highest BCUT2D eigenvalue weighted by Crippen LogP contribution is 2.47. The Morgan fingerprint density at radius 2 is 1.80 bits per heavy atom. The smallest absolute Gasteiger partial charge is 0.290 e. The van der Waals surface area contributed by atoms with E-state index >= 15 is 0 Å². The molecule has 0 radical (unpaired) electrons. The van der Waals surface area contributed by atoms with Crippen molar-refractivity contribution in [3.63, 3.8) is 0 Å². The molecule has 1 amide bonds. The molecular weight excluding hydrogens is 404 g/mol. The largest absolute Gasteiger partial charge is 0.483 e. The van der Waals surface area contributed by atoms with Gasteiger partial charge in [0.25, 0.3) is 5.91 Å². The fourth-order valence-corrected chi connectivity index (χ4v) is 5.47. The number of alkyl halides is 1. The van der Waals surface area contributed by atoms with Gasteiger partial charge >= 0.3 is 0 Å². The summed E-state index contributed by atoms with van der Waals surface area (Å²) in [7, 11) is 0. The molecule has 0 N–H and O–H groups in total. The zero-order valence-corrected chi connectivity index (χ0v) is 17.7. The highest BCUT2D eigenvalue weighted by Gasteiger charge is 2.52. The molecule has 160 valence electrons. The van der Waals surface area contributed by atoms with E-state index in [1.807, 2.05) is 35.2 Å². The van der Waals surface area contributed by atoms with Gasteiger partial charge in [-0.25, -0.2) is 0 Å². The molecule has 0 aromatic heterocycles. The van der Waals surface area contributed by atoms with Crippen LogP contribution >= 0.6 is 11.6 Å². The highest BCUT2D eigenvalue weighted by molar-refractivity contribution is 6.21. The van der Waals surface area contributed by atoms with Crippen molar-refractivity contribution in [2.24, 2.45) is 5.92 Å². The SMILES string of the molecule is O=C1C2=C(OC3CCC(Cl)CC13)C(=O)N(CCN1CCOCC1)C2c1ccccc1.